The number of hydrogen-bond donors (Lipinski definition) is 0. The Hall–Kier alpha value is -0.0300. The summed E-state index contributed by atoms with van der Waals surface area (Å²) in [5.74, 6) is 0. The van der Waals surface area contributed by atoms with E-state index in [0.717, 1.165) is 0 Å². The molecule has 1 rings (SSSR count). The number of hydrogen-bond acceptors (Lipinski definition) is 1. The third-order valence-electron chi connectivity index (χ3n) is 1.91. The van der Waals surface area contributed by atoms with Gasteiger partial charge in [0.2, 0.25) is 10.7 Å². The van der Waals surface area contributed by atoms with E-state index in [1.807, 2.05) is 6.07 Å². The van der Waals surface area contributed by atoms with Gasteiger partial charge in [-0.15, -0.1) is 0 Å². The van der Waals surface area contributed by atoms with Crippen LogP contribution < -0.4 is 24.0 Å². The summed E-state index contributed by atoms with van der Waals surface area (Å²) in [5, 5.41) is 1.31. The van der Waals surface area contributed by atoms with Gasteiger partial charge in [0.05, 0.1) is 0 Å². The molecule has 72 valence electrons. The van der Waals surface area contributed by atoms with Crippen LogP contribution in [-0.4, -0.2) is 22.9 Å². The zero-order valence-electron chi connectivity index (χ0n) is 8.12. The van der Waals surface area contributed by atoms with E-state index in [0.29, 0.717) is 0 Å². The van der Waals surface area contributed by atoms with E-state index in [9.17, 15) is 0 Å². The van der Waals surface area contributed by atoms with Crippen molar-refractivity contribution >= 4 is 22.5 Å². The lowest BCUT2D eigenvalue weighted by Gasteiger charge is -1.97. The van der Waals surface area contributed by atoms with Gasteiger partial charge in [-0.25, -0.2) is 0 Å². The van der Waals surface area contributed by atoms with Gasteiger partial charge in [0, 0.05) is 19.1 Å². The van der Waals surface area contributed by atoms with Gasteiger partial charge in [0.25, 0.3) is 0 Å². The van der Waals surface area contributed by atoms with Crippen molar-refractivity contribution in [1.29, 1.82) is 0 Å². The molecule has 0 heterocycles. The Morgan fingerprint density at radius 1 is 1.23 bits per heavy atom. The van der Waals surface area contributed by atoms with Crippen LogP contribution in [0.2, 0.25) is 0 Å². The van der Waals surface area contributed by atoms with Crippen molar-refractivity contribution in [3.05, 3.63) is 30.3 Å². The third-order valence-corrected chi connectivity index (χ3v) is 2.78. The van der Waals surface area contributed by atoms with Crippen molar-refractivity contribution in [2.24, 2.45) is 0 Å². The maximum atomic E-state index is 2.19. The fourth-order valence-electron chi connectivity index (χ4n) is 0.970. The Morgan fingerprint density at radius 2 is 1.77 bits per heavy atom. The van der Waals surface area contributed by atoms with Gasteiger partial charge in [-0.05, 0) is 6.26 Å². The molecular weight excluding hydrogens is 293 g/mol. The zero-order valence-corrected chi connectivity index (χ0v) is 11.1. The highest BCUT2D eigenvalue weighted by atomic mass is 127. The summed E-state index contributed by atoms with van der Waals surface area (Å²) < 4.78 is 2.19. The van der Waals surface area contributed by atoms with Gasteiger partial charge < -0.3 is 24.0 Å². The summed E-state index contributed by atoms with van der Waals surface area (Å²) >= 11 is 1.77. The van der Waals surface area contributed by atoms with Crippen LogP contribution in [0.3, 0.4) is 0 Å². The lowest BCUT2D eigenvalue weighted by atomic mass is 10.3. The first-order valence-electron chi connectivity index (χ1n) is 3.92. The molecule has 0 atom stereocenters. The maximum Gasteiger partial charge on any atom is 0.212 e. The number of para-hydroxylation sites is 1. The van der Waals surface area contributed by atoms with Crippen LogP contribution in [0.5, 0.6) is 0 Å². The summed E-state index contributed by atoms with van der Waals surface area (Å²) in [7, 11) is 2.08. The highest BCUT2D eigenvalue weighted by Crippen LogP contribution is 2.11. The summed E-state index contributed by atoms with van der Waals surface area (Å²) in [6.07, 6.45) is 2.09. The summed E-state index contributed by atoms with van der Waals surface area (Å²) in [6.45, 7) is 2.12. The minimum Gasteiger partial charge on any atom is -1.00 e. The van der Waals surface area contributed by atoms with E-state index in [4.69, 9.17) is 0 Å². The van der Waals surface area contributed by atoms with Gasteiger partial charge in [0.15, 0.2) is 0 Å². The fourth-order valence-corrected chi connectivity index (χ4v) is 1.35. The van der Waals surface area contributed by atoms with Crippen molar-refractivity contribution in [1.82, 2.24) is 0 Å². The molecule has 0 aliphatic rings. The second-order valence-electron chi connectivity index (χ2n) is 2.62. The molecule has 0 aliphatic heterocycles. The zero-order chi connectivity index (χ0) is 8.97. The monoisotopic (exact) mass is 307 g/mol. The van der Waals surface area contributed by atoms with E-state index in [1.165, 1.54) is 10.7 Å². The smallest absolute Gasteiger partial charge is 0.212 e. The average Bonchev–Trinajstić information content (AvgIpc) is 2.17. The molecule has 0 spiro atoms. The molecule has 0 aliphatic carbocycles. The van der Waals surface area contributed by atoms with Gasteiger partial charge in [0.1, 0.15) is 7.05 Å². The minimum atomic E-state index is 0. The number of nitrogens with zero attached hydrogens (tertiary/aromatic N) is 1. The van der Waals surface area contributed by atoms with E-state index in [-0.39, 0.29) is 24.0 Å². The van der Waals surface area contributed by atoms with Gasteiger partial charge in [-0.3, -0.25) is 0 Å². The van der Waals surface area contributed by atoms with Gasteiger partial charge in [-0.1, -0.05) is 30.0 Å². The van der Waals surface area contributed by atoms with Gasteiger partial charge >= 0.3 is 0 Å². The van der Waals surface area contributed by atoms with E-state index in [2.05, 4.69) is 49.1 Å². The third kappa shape index (κ3) is 3.68. The van der Waals surface area contributed by atoms with Crippen LogP contribution in [0, 0.1) is 0 Å². The second kappa shape index (κ2) is 6.43. The molecule has 3 heteroatoms. The molecule has 0 fully saturated rings. The molecule has 1 aromatic rings. The van der Waals surface area contributed by atoms with Crippen molar-refractivity contribution < 1.29 is 28.6 Å². The van der Waals surface area contributed by atoms with Crippen molar-refractivity contribution in [3.8, 4) is 0 Å². The molecule has 0 bridgehead atoms. The van der Waals surface area contributed by atoms with Crippen LogP contribution in [0.1, 0.15) is 6.92 Å². The van der Waals surface area contributed by atoms with E-state index < -0.39 is 0 Å². The number of thioether (sulfide) groups is 1. The molecule has 0 N–H and O–H groups in total. The normalized spacial score (nSPS) is 11.6. The number of benzene rings is 1. The van der Waals surface area contributed by atoms with E-state index in [1.54, 1.807) is 11.8 Å². The first-order valence-corrected chi connectivity index (χ1v) is 5.14. The average molecular weight is 307 g/mol. The highest BCUT2D eigenvalue weighted by molar-refractivity contribution is 8.13. The Balaban J connectivity index is 0.00000144. The van der Waals surface area contributed by atoms with E-state index >= 15 is 0 Å². The standard InChI is InChI=1S/C10H14NS.HI/c1-9(12-3)11(2)10-7-5-4-6-8-10;/h4-8H,1-3H3;1H/q+1;/p-1. The predicted octanol–water partition coefficient (Wildman–Crippen LogP) is -0.254. The molecule has 0 aromatic heterocycles. The molecule has 0 radical (unpaired) electrons. The van der Waals surface area contributed by atoms with Crippen molar-refractivity contribution in [2.75, 3.05) is 13.3 Å². The maximum absolute atomic E-state index is 2.19. The molecule has 0 unspecified atom stereocenters. The topological polar surface area (TPSA) is 3.01 Å². The molecule has 1 nitrogen and oxygen atoms in total. The summed E-state index contributed by atoms with van der Waals surface area (Å²) in [5.41, 5.74) is 1.24. The quantitative estimate of drug-likeness (QED) is 0.299. The first-order chi connectivity index (χ1) is 5.75. The van der Waals surface area contributed by atoms with Crippen LogP contribution in [0.4, 0.5) is 5.69 Å². The summed E-state index contributed by atoms with van der Waals surface area (Å²) in [4.78, 5) is 0. The van der Waals surface area contributed by atoms with Gasteiger partial charge in [-0.2, -0.15) is 4.58 Å². The Morgan fingerprint density at radius 3 is 2.23 bits per heavy atom. The highest BCUT2D eigenvalue weighted by Gasteiger charge is 2.05. The van der Waals surface area contributed by atoms with Crippen LogP contribution in [0.25, 0.3) is 0 Å². The van der Waals surface area contributed by atoms with Crippen LogP contribution >= 0.6 is 11.8 Å². The molecule has 0 amide bonds. The Labute approximate surface area is 101 Å². The molecule has 1 aromatic carbocycles. The molecule has 0 saturated carbocycles. The molecule has 0 saturated heterocycles. The van der Waals surface area contributed by atoms with Crippen LogP contribution in [-0.2, 0) is 0 Å². The number of halogens is 1. The Bertz CT molecular complexity index is 282. The lowest BCUT2D eigenvalue weighted by molar-refractivity contribution is -0.402. The van der Waals surface area contributed by atoms with Crippen molar-refractivity contribution in [3.63, 3.8) is 0 Å². The molecule has 13 heavy (non-hydrogen) atoms. The Kier molecular flexibility index (Phi) is 6.41. The number of rotatable bonds is 1. The fraction of sp³-hybridized carbons (Fsp3) is 0.300. The molecular formula is C10H14INS. The summed E-state index contributed by atoms with van der Waals surface area (Å²) in [6, 6.07) is 10.4. The second-order valence-corrected chi connectivity index (χ2v) is 3.62. The van der Waals surface area contributed by atoms with Crippen molar-refractivity contribution in [2.45, 2.75) is 6.92 Å². The SMILES string of the molecule is CSC(C)=[N+](C)c1ccccc1.[I-]. The first kappa shape index (κ1) is 13.0. The lowest BCUT2D eigenvalue weighted by Crippen LogP contribution is -3.00. The predicted molar refractivity (Wildman–Crippen MR) is 56.5 cm³/mol. The van der Waals surface area contributed by atoms with Crippen LogP contribution in [0.15, 0.2) is 30.3 Å². The largest absolute Gasteiger partial charge is 1.00 e. The minimum absolute atomic E-state index is 0.